The second-order valence-corrected chi connectivity index (χ2v) is 9.88. The molecule has 0 spiro atoms. The van der Waals surface area contributed by atoms with E-state index in [4.69, 9.17) is 10.8 Å². The van der Waals surface area contributed by atoms with E-state index in [-0.39, 0.29) is 18.1 Å². The second kappa shape index (κ2) is 8.94. The maximum atomic E-state index is 13.4. The summed E-state index contributed by atoms with van der Waals surface area (Å²) in [7, 11) is 0. The molecular formula is C25H23N7O3S. The first kappa shape index (κ1) is 22.5. The monoisotopic (exact) mass is 501 g/mol. The third kappa shape index (κ3) is 3.96. The smallest absolute Gasteiger partial charge is 0.234 e. The number of fused-ring (bicyclic) bond motifs is 2. The van der Waals surface area contributed by atoms with Crippen LogP contribution in [0.4, 0.5) is 5.82 Å². The van der Waals surface area contributed by atoms with Crippen molar-refractivity contribution < 1.29 is 13.6 Å². The van der Waals surface area contributed by atoms with Gasteiger partial charge in [-0.25, -0.2) is 18.0 Å². The number of nitrogen functional groups attached to an aromatic ring is 1. The number of nitrogens with two attached hydrogens (primary N) is 1. The minimum absolute atomic E-state index is 0.143. The number of ketones is 1. The maximum absolute atomic E-state index is 13.4. The summed E-state index contributed by atoms with van der Waals surface area (Å²) in [5.41, 5.74) is 10.7. The van der Waals surface area contributed by atoms with Gasteiger partial charge in [-0.1, -0.05) is 42.5 Å². The number of aromatic nitrogens is 5. The van der Waals surface area contributed by atoms with Gasteiger partial charge in [0.2, 0.25) is 11.3 Å². The largest absolute Gasteiger partial charge is 0.382 e. The first-order chi connectivity index (χ1) is 17.5. The lowest BCUT2D eigenvalue weighted by atomic mass is 10.00. The number of carbonyl (C=O) groups is 1. The van der Waals surface area contributed by atoms with E-state index in [1.165, 1.54) is 15.1 Å². The highest BCUT2D eigenvalue weighted by atomic mass is 32.2. The first-order valence-electron chi connectivity index (χ1n) is 11.5. The fourth-order valence-corrected chi connectivity index (χ4v) is 5.41. The third-order valence-electron chi connectivity index (χ3n) is 6.63. The average Bonchev–Trinajstić information content (AvgIpc) is 3.61. The maximum Gasteiger partial charge on any atom is 0.234 e. The second-order valence-electron chi connectivity index (χ2n) is 8.90. The number of nitrogens with zero attached hydrogens (tertiary/aromatic N) is 6. The fraction of sp³-hybridized carbons (Fsp3) is 0.200. The van der Waals surface area contributed by atoms with Crippen LogP contribution in [0.25, 0.3) is 27.5 Å². The topological polar surface area (TPSA) is 132 Å². The van der Waals surface area contributed by atoms with Gasteiger partial charge >= 0.3 is 0 Å². The summed E-state index contributed by atoms with van der Waals surface area (Å²) in [4.78, 5) is 17.6. The molecule has 1 saturated heterocycles. The number of hydrogen-bond acceptors (Lipinski definition) is 6. The number of rotatable bonds is 6. The van der Waals surface area contributed by atoms with Gasteiger partial charge in [0, 0.05) is 36.2 Å². The molecule has 36 heavy (non-hydrogen) atoms. The first-order valence-corrected chi connectivity index (χ1v) is 12.6. The SMILES string of the molecule is Nc1ncnn2c(C(=O)C3CCN(S(=O)O)C3)cc(-c3ccc4cn(Cc5ccccc5)nc4c3)c12. The van der Waals surface area contributed by atoms with E-state index in [1.807, 2.05) is 47.3 Å². The standard InChI is InChI=1S/C25H23N7O3S/c26-25-23-20(11-22(32(23)28-15-27-25)24(33)19-8-9-31(14-19)36(34)35)17-6-7-18-13-30(29-21(18)10-17)12-16-4-2-1-3-5-16/h1-7,10-11,13,15,19H,8-9,12,14H2,(H,34,35)(H2,26,27,28). The van der Waals surface area contributed by atoms with Crippen LogP contribution < -0.4 is 5.73 Å². The molecule has 5 aromatic rings. The van der Waals surface area contributed by atoms with Gasteiger partial charge in [0.15, 0.2) is 11.6 Å². The molecule has 4 heterocycles. The lowest BCUT2D eigenvalue weighted by molar-refractivity contribution is 0.0920. The number of anilines is 1. The normalized spacial score (nSPS) is 17.2. The Bertz CT molecular complexity index is 1630. The number of carbonyl (C=O) groups excluding carboxylic acids is 1. The van der Waals surface area contributed by atoms with E-state index in [0.29, 0.717) is 30.7 Å². The molecule has 0 amide bonds. The minimum Gasteiger partial charge on any atom is -0.382 e. The fourth-order valence-electron chi connectivity index (χ4n) is 4.84. The highest BCUT2D eigenvalue weighted by molar-refractivity contribution is 7.76. The molecule has 3 aromatic heterocycles. The van der Waals surface area contributed by atoms with Gasteiger partial charge in [-0.15, -0.1) is 0 Å². The van der Waals surface area contributed by atoms with Crippen LogP contribution in [-0.2, 0) is 17.8 Å². The van der Waals surface area contributed by atoms with Crippen LogP contribution in [0.1, 0.15) is 22.5 Å². The number of Topliss-reactive ketones (excluding diaryl/α,β-unsaturated/α-hetero) is 1. The van der Waals surface area contributed by atoms with Gasteiger partial charge in [-0.3, -0.25) is 14.0 Å². The molecule has 182 valence electrons. The van der Waals surface area contributed by atoms with Crippen LogP contribution in [-0.4, -0.2) is 56.3 Å². The van der Waals surface area contributed by atoms with E-state index >= 15 is 0 Å². The Morgan fingerprint density at radius 3 is 2.78 bits per heavy atom. The molecule has 2 unspecified atom stereocenters. The Hall–Kier alpha value is -3.93. The molecule has 0 saturated carbocycles. The van der Waals surface area contributed by atoms with Crippen LogP contribution >= 0.6 is 0 Å². The van der Waals surface area contributed by atoms with Gasteiger partial charge < -0.3 is 5.73 Å². The van der Waals surface area contributed by atoms with Crippen molar-refractivity contribution in [2.24, 2.45) is 5.92 Å². The summed E-state index contributed by atoms with van der Waals surface area (Å²) in [6.45, 7) is 1.27. The molecular weight excluding hydrogens is 478 g/mol. The van der Waals surface area contributed by atoms with Gasteiger partial charge in [-0.2, -0.15) is 10.2 Å². The zero-order chi connectivity index (χ0) is 24.8. The van der Waals surface area contributed by atoms with Crippen LogP contribution in [0, 0.1) is 5.92 Å². The molecule has 3 N–H and O–H groups in total. The molecule has 1 aliphatic heterocycles. The number of benzene rings is 2. The van der Waals surface area contributed by atoms with Crippen molar-refractivity contribution >= 4 is 39.3 Å². The van der Waals surface area contributed by atoms with Crippen LogP contribution in [0.5, 0.6) is 0 Å². The van der Waals surface area contributed by atoms with Gasteiger partial charge in [0.1, 0.15) is 17.5 Å². The molecule has 1 fully saturated rings. The Morgan fingerprint density at radius 1 is 1.17 bits per heavy atom. The average molecular weight is 502 g/mol. The Labute approximate surface area is 208 Å². The van der Waals surface area contributed by atoms with Crippen molar-refractivity contribution in [1.82, 2.24) is 28.7 Å². The van der Waals surface area contributed by atoms with Gasteiger partial charge in [0.25, 0.3) is 0 Å². The van der Waals surface area contributed by atoms with E-state index in [1.54, 1.807) is 6.07 Å². The zero-order valence-corrected chi connectivity index (χ0v) is 20.0. The predicted molar refractivity (Wildman–Crippen MR) is 136 cm³/mol. The lowest BCUT2D eigenvalue weighted by Gasteiger charge is -2.10. The third-order valence-corrected chi connectivity index (χ3v) is 7.40. The van der Waals surface area contributed by atoms with Crippen molar-refractivity contribution in [3.63, 3.8) is 0 Å². The molecule has 1 aliphatic rings. The Kier molecular flexibility index (Phi) is 5.59. The molecule has 11 heteroatoms. The molecule has 0 bridgehead atoms. The molecule has 2 atom stereocenters. The van der Waals surface area contributed by atoms with Gasteiger partial charge in [-0.05, 0) is 29.7 Å². The van der Waals surface area contributed by atoms with Crippen LogP contribution in [0.15, 0.2) is 67.1 Å². The van der Waals surface area contributed by atoms with Crippen molar-refractivity contribution in [2.75, 3.05) is 18.8 Å². The summed E-state index contributed by atoms with van der Waals surface area (Å²) in [5, 5.41) is 10.1. The van der Waals surface area contributed by atoms with E-state index in [9.17, 15) is 13.6 Å². The molecule has 10 nitrogen and oxygen atoms in total. The summed E-state index contributed by atoms with van der Waals surface area (Å²) < 4.78 is 25.6. The quantitative estimate of drug-likeness (QED) is 0.270. The summed E-state index contributed by atoms with van der Waals surface area (Å²) in [6, 6.07) is 17.8. The summed E-state index contributed by atoms with van der Waals surface area (Å²) >= 11 is -2.09. The zero-order valence-electron chi connectivity index (χ0n) is 19.2. The molecule has 6 rings (SSSR count). The summed E-state index contributed by atoms with van der Waals surface area (Å²) in [6.07, 6.45) is 3.83. The van der Waals surface area contributed by atoms with E-state index in [0.717, 1.165) is 27.6 Å². The van der Waals surface area contributed by atoms with Crippen molar-refractivity contribution in [1.29, 1.82) is 0 Å². The summed E-state index contributed by atoms with van der Waals surface area (Å²) in [5.74, 6) is -0.284. The van der Waals surface area contributed by atoms with E-state index < -0.39 is 17.2 Å². The Balaban J connectivity index is 1.39. The van der Waals surface area contributed by atoms with Crippen LogP contribution in [0.2, 0.25) is 0 Å². The minimum atomic E-state index is -2.09. The van der Waals surface area contributed by atoms with Crippen molar-refractivity contribution in [3.8, 4) is 11.1 Å². The molecule has 0 radical (unpaired) electrons. The van der Waals surface area contributed by atoms with Crippen molar-refractivity contribution in [2.45, 2.75) is 13.0 Å². The Morgan fingerprint density at radius 2 is 2.00 bits per heavy atom. The van der Waals surface area contributed by atoms with Crippen molar-refractivity contribution in [3.05, 3.63) is 78.4 Å². The lowest BCUT2D eigenvalue weighted by Crippen LogP contribution is -2.25. The predicted octanol–water partition coefficient (Wildman–Crippen LogP) is 3.02. The van der Waals surface area contributed by atoms with Gasteiger partial charge in [0.05, 0.1) is 12.1 Å². The highest BCUT2D eigenvalue weighted by Gasteiger charge is 2.33. The highest BCUT2D eigenvalue weighted by Crippen LogP contribution is 2.34. The number of hydrogen-bond donors (Lipinski definition) is 2. The molecule has 0 aliphatic carbocycles. The van der Waals surface area contributed by atoms with Crippen LogP contribution in [0.3, 0.4) is 0 Å². The molecule has 2 aromatic carbocycles. The van der Waals surface area contributed by atoms with E-state index in [2.05, 4.69) is 22.2 Å².